The number of rotatable bonds is 13. The average molecular weight is 534 g/mol. The van der Waals surface area contributed by atoms with Gasteiger partial charge in [0.15, 0.2) is 0 Å². The first-order valence-corrected chi connectivity index (χ1v) is 9.21. The number of hydrogen-bond donors (Lipinski definition) is 0. The summed E-state index contributed by atoms with van der Waals surface area (Å²) in [6.45, 7) is 20.2. The second-order valence-corrected chi connectivity index (χ2v) is 5.94. The number of nitrogens with zero attached hydrogens (tertiary/aromatic N) is 1. The summed E-state index contributed by atoms with van der Waals surface area (Å²) in [5, 5.41) is 0. The van der Waals surface area contributed by atoms with E-state index in [0.29, 0.717) is 5.92 Å². The first-order valence-electron chi connectivity index (χ1n) is 9.21. The standard InChI is InChI=1S/C14H28N.C6H13.U/c1-4-7-9-10-11-14-15(12-6-3)13-8-5-2;1-4-6(3)5-2;/h1,5-14H2,2-3H3;6H,3-5H2,1-2H3;/q2*-1;+2. The molecular weight excluding hydrogens is 492 g/mol. The second kappa shape index (κ2) is 24.0. The van der Waals surface area contributed by atoms with Crippen molar-refractivity contribution in [2.75, 3.05) is 19.6 Å². The molecule has 0 rings (SSSR count). The maximum Gasteiger partial charge on any atom is 2.00 e. The molecule has 0 saturated heterocycles. The van der Waals surface area contributed by atoms with Gasteiger partial charge >= 0.3 is 31.1 Å². The number of hydrogen-bond acceptors (Lipinski definition) is 1. The Hall–Kier alpha value is 0.752. The summed E-state index contributed by atoms with van der Waals surface area (Å²) in [7, 11) is 0. The number of unbranched alkanes of at least 4 members (excludes halogenated alkanes) is 4. The Morgan fingerprint density at radius 2 is 1.45 bits per heavy atom. The molecule has 2 heteroatoms. The summed E-state index contributed by atoms with van der Waals surface area (Å²) in [5.74, 6) is 0.685. The van der Waals surface area contributed by atoms with E-state index in [1.807, 2.05) is 0 Å². The third kappa shape index (κ3) is 23.0. The predicted octanol–water partition coefficient (Wildman–Crippen LogP) is 6.30. The first kappa shape index (κ1) is 27.6. The molecule has 0 aliphatic rings. The van der Waals surface area contributed by atoms with E-state index >= 15 is 0 Å². The predicted molar refractivity (Wildman–Crippen MR) is 98.4 cm³/mol. The maximum absolute atomic E-state index is 3.88. The zero-order valence-corrected chi connectivity index (χ0v) is 20.1. The second-order valence-electron chi connectivity index (χ2n) is 5.94. The molecule has 0 aromatic rings. The molecule has 0 amide bonds. The summed E-state index contributed by atoms with van der Waals surface area (Å²) >= 11 is 0. The van der Waals surface area contributed by atoms with Gasteiger partial charge in [-0.25, -0.2) is 0 Å². The molecule has 0 fully saturated rings. The minimum absolute atomic E-state index is 0. The molecule has 130 valence electrons. The van der Waals surface area contributed by atoms with Gasteiger partial charge in [-0.3, -0.25) is 6.58 Å². The fourth-order valence-electron chi connectivity index (χ4n) is 2.08. The first-order chi connectivity index (χ1) is 10.2. The van der Waals surface area contributed by atoms with Crippen LogP contribution in [0.1, 0.15) is 85.5 Å². The Bertz CT molecular complexity index is 190. The molecule has 0 spiro atoms. The van der Waals surface area contributed by atoms with Gasteiger partial charge in [0.2, 0.25) is 0 Å². The minimum atomic E-state index is 0. The summed E-state index contributed by atoms with van der Waals surface area (Å²) in [6.07, 6.45) is 14.3. The number of allylic oxidation sites excluding steroid dienone is 1. The maximum atomic E-state index is 3.88. The van der Waals surface area contributed by atoms with Gasteiger partial charge in [-0.1, -0.05) is 59.8 Å². The molecule has 0 N–H and O–H groups in total. The molecule has 0 saturated carbocycles. The van der Waals surface area contributed by atoms with E-state index in [0.717, 1.165) is 6.42 Å². The average Bonchev–Trinajstić information content (AvgIpc) is 2.52. The van der Waals surface area contributed by atoms with Crippen LogP contribution in [0.15, 0.2) is 6.58 Å². The van der Waals surface area contributed by atoms with Crippen LogP contribution in [-0.2, 0) is 0 Å². The van der Waals surface area contributed by atoms with E-state index in [2.05, 4.69) is 52.2 Å². The van der Waals surface area contributed by atoms with Crippen molar-refractivity contribution in [2.45, 2.75) is 85.5 Å². The molecule has 0 heterocycles. The molecule has 0 atom stereocenters. The summed E-state index contributed by atoms with van der Waals surface area (Å²) in [4.78, 5) is 2.61. The van der Waals surface area contributed by atoms with Crippen molar-refractivity contribution in [2.24, 2.45) is 5.92 Å². The molecule has 0 bridgehead atoms. The van der Waals surface area contributed by atoms with Crippen molar-refractivity contribution in [3.05, 3.63) is 19.6 Å². The van der Waals surface area contributed by atoms with Gasteiger partial charge in [0, 0.05) is 0 Å². The molecule has 0 unspecified atom stereocenters. The third-order valence-electron chi connectivity index (χ3n) is 3.85. The van der Waals surface area contributed by atoms with E-state index in [1.165, 1.54) is 71.0 Å². The van der Waals surface area contributed by atoms with Crippen LogP contribution in [0.4, 0.5) is 0 Å². The van der Waals surface area contributed by atoms with Crippen molar-refractivity contribution in [3.63, 3.8) is 0 Å². The molecular formula is C20H41NU. The van der Waals surface area contributed by atoms with Gasteiger partial charge in [-0.05, 0) is 38.9 Å². The fourth-order valence-corrected chi connectivity index (χ4v) is 2.08. The van der Waals surface area contributed by atoms with Crippen LogP contribution in [0, 0.1) is 50.0 Å². The van der Waals surface area contributed by atoms with Gasteiger partial charge in [0.05, 0.1) is 0 Å². The minimum Gasteiger partial charge on any atom is -0.504 e. The van der Waals surface area contributed by atoms with Crippen LogP contribution >= 0.6 is 0 Å². The molecule has 1 nitrogen and oxygen atoms in total. The Morgan fingerprint density at radius 1 is 0.864 bits per heavy atom. The van der Waals surface area contributed by atoms with Crippen LogP contribution in [0.3, 0.4) is 0 Å². The smallest absolute Gasteiger partial charge is 0.504 e. The van der Waals surface area contributed by atoms with Gasteiger partial charge in [-0.2, -0.15) is 12.3 Å². The van der Waals surface area contributed by atoms with Crippen molar-refractivity contribution in [1.29, 1.82) is 0 Å². The molecule has 0 radical (unpaired) electrons. The third-order valence-corrected chi connectivity index (χ3v) is 3.85. The zero-order chi connectivity index (χ0) is 16.3. The largest absolute Gasteiger partial charge is 2.00 e. The van der Waals surface area contributed by atoms with E-state index < -0.39 is 0 Å². The quantitative estimate of drug-likeness (QED) is 0.198. The Labute approximate surface area is 166 Å². The Balaban J connectivity index is -0.000000439. The summed E-state index contributed by atoms with van der Waals surface area (Å²) in [6, 6.07) is 0. The summed E-state index contributed by atoms with van der Waals surface area (Å²) < 4.78 is 0. The Kier molecular flexibility index (Phi) is 30.1. The van der Waals surface area contributed by atoms with E-state index in [1.54, 1.807) is 0 Å². The normalized spacial score (nSPS) is 10.1. The molecule has 0 aliphatic heterocycles. The molecule has 0 aromatic carbocycles. The molecule has 22 heavy (non-hydrogen) atoms. The topological polar surface area (TPSA) is 3.24 Å². The zero-order valence-electron chi connectivity index (χ0n) is 15.9. The van der Waals surface area contributed by atoms with Crippen LogP contribution < -0.4 is 0 Å². The van der Waals surface area contributed by atoms with E-state index in [9.17, 15) is 0 Å². The van der Waals surface area contributed by atoms with Gasteiger partial charge in [0.25, 0.3) is 0 Å². The van der Waals surface area contributed by atoms with Crippen molar-refractivity contribution < 1.29 is 31.1 Å². The van der Waals surface area contributed by atoms with Crippen molar-refractivity contribution in [1.82, 2.24) is 4.90 Å². The molecule has 0 aromatic heterocycles. The summed E-state index contributed by atoms with van der Waals surface area (Å²) in [5.41, 5.74) is 0. The van der Waals surface area contributed by atoms with Crippen LogP contribution in [-0.4, -0.2) is 24.5 Å². The van der Waals surface area contributed by atoms with Gasteiger partial charge < -0.3 is 17.9 Å². The van der Waals surface area contributed by atoms with Crippen LogP contribution in [0.2, 0.25) is 0 Å². The van der Waals surface area contributed by atoms with Gasteiger partial charge in [-0.15, -0.1) is 0 Å². The van der Waals surface area contributed by atoms with Crippen molar-refractivity contribution in [3.8, 4) is 0 Å². The van der Waals surface area contributed by atoms with E-state index in [4.69, 9.17) is 0 Å². The fraction of sp³-hybridized carbons (Fsp3) is 0.850. The SMILES string of the molecule is C=[C-]CCCCCN(CCC)CCCC.[CH2-]C(CC)CC.[U+2]. The van der Waals surface area contributed by atoms with E-state index in [-0.39, 0.29) is 31.1 Å². The Morgan fingerprint density at radius 3 is 1.86 bits per heavy atom. The molecule has 0 aliphatic carbocycles. The monoisotopic (exact) mass is 533 g/mol. The van der Waals surface area contributed by atoms with Crippen LogP contribution in [0.5, 0.6) is 0 Å². The van der Waals surface area contributed by atoms with Crippen molar-refractivity contribution >= 4 is 0 Å². The van der Waals surface area contributed by atoms with Gasteiger partial charge in [0.1, 0.15) is 0 Å². The van der Waals surface area contributed by atoms with Crippen LogP contribution in [0.25, 0.3) is 0 Å².